The summed E-state index contributed by atoms with van der Waals surface area (Å²) in [6.07, 6.45) is 10.9. The zero-order chi connectivity index (χ0) is 14.7. The molecule has 0 bridgehead atoms. The average molecular weight is 270 g/mol. The Hall–Kier alpha value is -1.32. The van der Waals surface area contributed by atoms with E-state index in [1.807, 2.05) is 0 Å². The molecule has 0 rings (SSSR count). The number of unbranched alkanes of at least 4 members (excludes halogenated alkanes) is 6. The molecule has 19 heavy (non-hydrogen) atoms. The third kappa shape index (κ3) is 8.41. The maximum absolute atomic E-state index is 11.1. The van der Waals surface area contributed by atoms with Gasteiger partial charge < -0.3 is 10.2 Å². The number of rotatable bonds is 11. The molecule has 0 aromatic carbocycles. The summed E-state index contributed by atoms with van der Waals surface area (Å²) in [6.45, 7) is 3.62. The highest BCUT2D eigenvalue weighted by Crippen LogP contribution is 2.24. The molecular formula is C15H26O4. The molecule has 4 nitrogen and oxygen atoms in total. The molecule has 0 saturated carbocycles. The Morgan fingerprint density at radius 3 is 2.16 bits per heavy atom. The molecule has 0 saturated heterocycles. The van der Waals surface area contributed by atoms with Crippen LogP contribution in [0.2, 0.25) is 0 Å². The van der Waals surface area contributed by atoms with E-state index in [-0.39, 0.29) is 6.42 Å². The summed E-state index contributed by atoms with van der Waals surface area (Å²) in [7, 11) is 0. The maximum Gasteiger partial charge on any atom is 0.313 e. The molecule has 0 amide bonds. The van der Waals surface area contributed by atoms with Gasteiger partial charge >= 0.3 is 11.9 Å². The Morgan fingerprint density at radius 2 is 1.63 bits per heavy atom. The summed E-state index contributed by atoms with van der Waals surface area (Å²) in [5, 5.41) is 17.8. The smallest absolute Gasteiger partial charge is 0.313 e. The highest BCUT2D eigenvalue weighted by molar-refractivity contribution is 5.82. The van der Waals surface area contributed by atoms with Crippen molar-refractivity contribution in [2.75, 3.05) is 0 Å². The zero-order valence-corrected chi connectivity index (χ0v) is 12.0. The van der Waals surface area contributed by atoms with Crippen LogP contribution in [-0.2, 0) is 9.59 Å². The van der Waals surface area contributed by atoms with Gasteiger partial charge in [-0.3, -0.25) is 9.59 Å². The molecule has 0 aromatic rings. The summed E-state index contributed by atoms with van der Waals surface area (Å²) in [6, 6.07) is 0. The normalized spacial score (nSPS) is 14.4. The summed E-state index contributed by atoms with van der Waals surface area (Å²) in [5.74, 6) is -2.18. The van der Waals surface area contributed by atoms with Gasteiger partial charge in [0, 0.05) is 0 Å². The number of hydrogen-bond acceptors (Lipinski definition) is 2. The van der Waals surface area contributed by atoms with Crippen molar-refractivity contribution in [1.82, 2.24) is 0 Å². The number of allylic oxidation sites excluding steroid dienone is 1. The Bertz CT molecular complexity index is 309. The van der Waals surface area contributed by atoms with Crippen molar-refractivity contribution in [2.24, 2.45) is 5.41 Å². The first-order chi connectivity index (χ1) is 8.92. The maximum atomic E-state index is 11.1. The van der Waals surface area contributed by atoms with Gasteiger partial charge in [0.25, 0.3) is 0 Å². The van der Waals surface area contributed by atoms with Crippen LogP contribution >= 0.6 is 0 Å². The minimum absolute atomic E-state index is 0.380. The fourth-order valence-corrected chi connectivity index (χ4v) is 1.91. The van der Waals surface area contributed by atoms with Crippen LogP contribution in [-0.4, -0.2) is 22.2 Å². The Morgan fingerprint density at radius 1 is 1.05 bits per heavy atom. The van der Waals surface area contributed by atoms with Crippen molar-refractivity contribution < 1.29 is 19.8 Å². The van der Waals surface area contributed by atoms with Gasteiger partial charge in [-0.15, -0.1) is 0 Å². The highest BCUT2D eigenvalue weighted by atomic mass is 16.4. The molecule has 110 valence electrons. The molecule has 0 aliphatic carbocycles. The quantitative estimate of drug-likeness (QED) is 0.441. The number of carbonyl (C=O) groups is 2. The van der Waals surface area contributed by atoms with Crippen molar-refractivity contribution in [3.05, 3.63) is 12.2 Å². The van der Waals surface area contributed by atoms with Crippen LogP contribution in [0, 0.1) is 5.41 Å². The molecule has 0 radical (unpaired) electrons. The van der Waals surface area contributed by atoms with E-state index in [0.29, 0.717) is 0 Å². The van der Waals surface area contributed by atoms with Crippen LogP contribution in [0.5, 0.6) is 0 Å². The predicted molar refractivity (Wildman–Crippen MR) is 75.1 cm³/mol. The van der Waals surface area contributed by atoms with Gasteiger partial charge in [0.2, 0.25) is 0 Å². The van der Waals surface area contributed by atoms with Crippen LogP contribution in [0.3, 0.4) is 0 Å². The second-order valence-electron chi connectivity index (χ2n) is 5.25. The zero-order valence-electron chi connectivity index (χ0n) is 12.0. The van der Waals surface area contributed by atoms with Crippen LogP contribution in [0.15, 0.2) is 12.2 Å². The van der Waals surface area contributed by atoms with E-state index in [2.05, 4.69) is 6.92 Å². The first-order valence-electron chi connectivity index (χ1n) is 7.05. The standard InChI is InChI=1S/C15H26O4/c1-3-4-5-6-7-8-9-10-11-15(2,14(18)19)12-13(16)17/h10-11H,3-9,12H2,1-2H3,(H,16,17)(H,18,19). The van der Waals surface area contributed by atoms with E-state index in [9.17, 15) is 9.59 Å². The molecular weight excluding hydrogens is 244 g/mol. The van der Waals surface area contributed by atoms with Gasteiger partial charge in [0.1, 0.15) is 0 Å². The topological polar surface area (TPSA) is 74.6 Å². The summed E-state index contributed by atoms with van der Waals surface area (Å²) in [5.41, 5.74) is -1.30. The number of aliphatic carboxylic acids is 2. The van der Waals surface area contributed by atoms with Crippen LogP contribution in [0.25, 0.3) is 0 Å². The SMILES string of the molecule is CCCCCCCCC=CC(C)(CC(=O)O)C(=O)O. The minimum Gasteiger partial charge on any atom is -0.481 e. The molecule has 1 unspecified atom stereocenters. The van der Waals surface area contributed by atoms with E-state index in [1.54, 1.807) is 6.08 Å². The Kier molecular flexibility index (Phi) is 8.92. The van der Waals surface area contributed by atoms with Crippen molar-refractivity contribution >= 4 is 11.9 Å². The lowest BCUT2D eigenvalue weighted by Gasteiger charge is -2.17. The second-order valence-corrected chi connectivity index (χ2v) is 5.25. The van der Waals surface area contributed by atoms with E-state index in [0.717, 1.165) is 19.3 Å². The van der Waals surface area contributed by atoms with Gasteiger partial charge in [-0.1, -0.05) is 51.2 Å². The van der Waals surface area contributed by atoms with Gasteiger partial charge in [0.15, 0.2) is 0 Å². The molecule has 0 spiro atoms. The van der Waals surface area contributed by atoms with E-state index in [4.69, 9.17) is 10.2 Å². The molecule has 4 heteroatoms. The molecule has 0 aliphatic heterocycles. The fraction of sp³-hybridized carbons (Fsp3) is 0.733. The molecule has 0 aliphatic rings. The highest BCUT2D eigenvalue weighted by Gasteiger charge is 2.32. The van der Waals surface area contributed by atoms with E-state index < -0.39 is 17.4 Å². The van der Waals surface area contributed by atoms with Crippen LogP contribution < -0.4 is 0 Å². The van der Waals surface area contributed by atoms with Crippen molar-refractivity contribution in [2.45, 2.75) is 65.2 Å². The largest absolute Gasteiger partial charge is 0.481 e. The lowest BCUT2D eigenvalue weighted by atomic mass is 9.86. The summed E-state index contributed by atoms with van der Waals surface area (Å²) >= 11 is 0. The van der Waals surface area contributed by atoms with Crippen LogP contribution in [0.4, 0.5) is 0 Å². The molecule has 2 N–H and O–H groups in total. The Balaban J connectivity index is 3.99. The summed E-state index contributed by atoms with van der Waals surface area (Å²) in [4.78, 5) is 21.7. The number of hydrogen-bond donors (Lipinski definition) is 2. The third-order valence-corrected chi connectivity index (χ3v) is 3.22. The average Bonchev–Trinajstić information content (AvgIpc) is 2.31. The predicted octanol–water partition coefficient (Wildman–Crippen LogP) is 3.86. The van der Waals surface area contributed by atoms with Crippen molar-refractivity contribution in [3.63, 3.8) is 0 Å². The van der Waals surface area contributed by atoms with Crippen molar-refractivity contribution in [1.29, 1.82) is 0 Å². The summed E-state index contributed by atoms with van der Waals surface area (Å²) < 4.78 is 0. The second kappa shape index (κ2) is 9.59. The van der Waals surface area contributed by atoms with E-state index in [1.165, 1.54) is 38.7 Å². The third-order valence-electron chi connectivity index (χ3n) is 3.22. The van der Waals surface area contributed by atoms with E-state index >= 15 is 0 Å². The fourth-order valence-electron chi connectivity index (χ4n) is 1.91. The first-order valence-corrected chi connectivity index (χ1v) is 7.05. The molecule has 0 aromatic heterocycles. The van der Waals surface area contributed by atoms with Crippen LogP contribution in [0.1, 0.15) is 65.2 Å². The van der Waals surface area contributed by atoms with Gasteiger partial charge in [-0.2, -0.15) is 0 Å². The first kappa shape index (κ1) is 17.7. The number of carboxylic acids is 2. The lowest BCUT2D eigenvalue weighted by Crippen LogP contribution is -2.28. The molecule has 0 fully saturated rings. The lowest BCUT2D eigenvalue weighted by molar-refractivity contribution is -0.151. The minimum atomic E-state index is -1.30. The van der Waals surface area contributed by atoms with Crippen molar-refractivity contribution in [3.8, 4) is 0 Å². The van der Waals surface area contributed by atoms with Gasteiger partial charge in [-0.05, 0) is 19.8 Å². The molecule has 1 atom stereocenters. The number of carboxylic acid groups (broad SMARTS) is 2. The Labute approximate surface area is 115 Å². The van der Waals surface area contributed by atoms with Gasteiger partial charge in [-0.25, -0.2) is 0 Å². The van der Waals surface area contributed by atoms with Gasteiger partial charge in [0.05, 0.1) is 11.8 Å². The monoisotopic (exact) mass is 270 g/mol. The molecule has 0 heterocycles.